The first-order valence-electron chi connectivity index (χ1n) is 10.9. The molecular weight excluding hydrogens is 483 g/mol. The molecule has 1 saturated heterocycles. The van der Waals surface area contributed by atoms with Gasteiger partial charge in [0.1, 0.15) is 5.82 Å². The molecule has 8 nitrogen and oxygen atoms in total. The number of benzene rings is 1. The molecule has 2 aliphatic rings. The maximum atomic E-state index is 13.7. The number of fused-ring (bicyclic) bond motifs is 1. The quantitative estimate of drug-likeness (QED) is 0.541. The van der Waals surface area contributed by atoms with Gasteiger partial charge < -0.3 is 9.80 Å². The molecule has 12 heteroatoms. The third kappa shape index (κ3) is 4.62. The number of hydrogen-bond donors (Lipinski definition) is 0. The first-order valence-corrected chi connectivity index (χ1v) is 12.8. The van der Waals surface area contributed by atoms with E-state index in [1.807, 2.05) is 0 Å². The zero-order valence-corrected chi connectivity index (χ0v) is 19.6. The summed E-state index contributed by atoms with van der Waals surface area (Å²) in [6, 6.07) is 5.52. The number of alkyl halides is 2. The normalized spacial score (nSPS) is 17.5. The zero-order valence-electron chi connectivity index (χ0n) is 18.8. The van der Waals surface area contributed by atoms with Crippen LogP contribution in [0.1, 0.15) is 34.5 Å². The molecule has 0 aliphatic carbocycles. The predicted molar refractivity (Wildman–Crippen MR) is 121 cm³/mol. The van der Waals surface area contributed by atoms with Crippen molar-refractivity contribution in [3.05, 3.63) is 65.5 Å². The average Bonchev–Trinajstić information content (AvgIpc) is 3.37. The van der Waals surface area contributed by atoms with Gasteiger partial charge in [-0.25, -0.2) is 26.3 Å². The Balaban J connectivity index is 1.43. The summed E-state index contributed by atoms with van der Waals surface area (Å²) >= 11 is 0. The number of halogens is 3. The minimum Gasteiger partial charge on any atom is -0.370 e. The molecule has 2 aromatic heterocycles. The van der Waals surface area contributed by atoms with Crippen LogP contribution in [-0.4, -0.2) is 59.3 Å². The topological polar surface area (TPSA) is 88.4 Å². The molecule has 1 aromatic carbocycles. The lowest BCUT2D eigenvalue weighted by Gasteiger charge is -2.34. The molecule has 3 aromatic rings. The third-order valence-electron chi connectivity index (χ3n) is 6.28. The predicted octanol–water partition coefficient (Wildman–Crippen LogP) is 3.20. The van der Waals surface area contributed by atoms with Crippen LogP contribution in [0, 0.1) is 5.82 Å². The lowest BCUT2D eigenvalue weighted by atomic mass is 10.0. The van der Waals surface area contributed by atoms with E-state index >= 15 is 0 Å². The van der Waals surface area contributed by atoms with Crippen molar-refractivity contribution in [1.29, 1.82) is 0 Å². The molecule has 5 rings (SSSR count). The minimum absolute atomic E-state index is 0.0207. The lowest BCUT2D eigenvalue weighted by Crippen LogP contribution is -2.40. The monoisotopic (exact) mass is 505 g/mol. The van der Waals surface area contributed by atoms with Crippen molar-refractivity contribution in [1.82, 2.24) is 19.7 Å². The molecule has 0 bridgehead atoms. The number of rotatable bonds is 4. The number of aromatic nitrogens is 3. The molecule has 1 fully saturated rings. The highest BCUT2D eigenvalue weighted by atomic mass is 32.2. The summed E-state index contributed by atoms with van der Waals surface area (Å²) in [4.78, 5) is 20.6. The summed E-state index contributed by atoms with van der Waals surface area (Å²) in [7, 11) is -3.59. The number of hydrogen-bond acceptors (Lipinski definition) is 6. The summed E-state index contributed by atoms with van der Waals surface area (Å²) in [6.07, 6.45) is 4.62. The molecular formula is C23H22F3N5O3S. The molecule has 4 heterocycles. The van der Waals surface area contributed by atoms with Crippen LogP contribution < -0.4 is 4.90 Å². The van der Waals surface area contributed by atoms with E-state index in [-0.39, 0.29) is 49.5 Å². The van der Waals surface area contributed by atoms with Crippen LogP contribution in [0.3, 0.4) is 0 Å². The van der Waals surface area contributed by atoms with Gasteiger partial charge in [-0.3, -0.25) is 9.78 Å². The highest BCUT2D eigenvalue weighted by Gasteiger charge is 2.36. The Bertz CT molecular complexity index is 1390. The van der Waals surface area contributed by atoms with E-state index in [0.29, 0.717) is 17.1 Å². The summed E-state index contributed by atoms with van der Waals surface area (Å²) in [5.74, 6) is -3.67. The van der Waals surface area contributed by atoms with Gasteiger partial charge in [0.2, 0.25) is 0 Å². The summed E-state index contributed by atoms with van der Waals surface area (Å²) in [5, 5.41) is 4.44. The van der Waals surface area contributed by atoms with Crippen LogP contribution in [0.5, 0.6) is 0 Å². The Morgan fingerprint density at radius 3 is 2.49 bits per heavy atom. The van der Waals surface area contributed by atoms with Crippen LogP contribution >= 0.6 is 0 Å². The first kappa shape index (κ1) is 23.3. The minimum atomic E-state index is -3.59. The van der Waals surface area contributed by atoms with E-state index in [0.717, 1.165) is 18.0 Å². The number of pyridine rings is 1. The van der Waals surface area contributed by atoms with Gasteiger partial charge in [0.05, 0.1) is 40.8 Å². The number of carbonyl (C=O) groups excluding carboxylic acids is 1. The van der Waals surface area contributed by atoms with Crippen LogP contribution in [0.25, 0.3) is 5.69 Å². The van der Waals surface area contributed by atoms with Crippen molar-refractivity contribution in [2.24, 2.45) is 0 Å². The van der Waals surface area contributed by atoms with Crippen molar-refractivity contribution in [3.8, 4) is 5.69 Å². The molecule has 0 N–H and O–H groups in total. The van der Waals surface area contributed by atoms with Crippen LogP contribution in [0.15, 0.2) is 47.8 Å². The highest BCUT2D eigenvalue weighted by molar-refractivity contribution is 7.90. The molecule has 0 radical (unpaired) electrons. The second-order valence-corrected chi connectivity index (χ2v) is 10.9. The fraction of sp³-hybridized carbons (Fsp3) is 0.348. The second-order valence-electron chi connectivity index (χ2n) is 8.86. The fourth-order valence-electron chi connectivity index (χ4n) is 4.39. The van der Waals surface area contributed by atoms with E-state index in [1.54, 1.807) is 11.1 Å². The number of carbonyl (C=O) groups is 1. The van der Waals surface area contributed by atoms with Crippen molar-refractivity contribution >= 4 is 21.4 Å². The van der Waals surface area contributed by atoms with E-state index in [1.165, 1.54) is 40.0 Å². The molecule has 0 atom stereocenters. The van der Waals surface area contributed by atoms with Crippen molar-refractivity contribution in [2.45, 2.75) is 36.7 Å². The molecule has 2 aliphatic heterocycles. The fourth-order valence-corrected chi connectivity index (χ4v) is 5.04. The smallest absolute Gasteiger partial charge is 0.256 e. The SMILES string of the molecule is CS(=O)(=O)c1ccc(N2CCC(F)(F)CC2)c(C(=O)N2Cc3cn(-c4cncc(F)c4)nc3C2)c1. The number of piperidine rings is 1. The molecule has 35 heavy (non-hydrogen) atoms. The summed E-state index contributed by atoms with van der Waals surface area (Å²) in [6.45, 7) is 0.502. The Morgan fingerprint density at radius 2 is 1.83 bits per heavy atom. The van der Waals surface area contributed by atoms with Crippen LogP contribution in [0.4, 0.5) is 18.9 Å². The van der Waals surface area contributed by atoms with E-state index in [2.05, 4.69) is 10.1 Å². The second kappa shape index (κ2) is 8.36. The summed E-state index contributed by atoms with van der Waals surface area (Å²) in [5.41, 5.74) is 2.41. The standard InChI is InChI=1S/C23H22F3N5O3S/c1-35(33,34)18-2-3-21(29-6-4-23(25,26)5-7-29)19(9-18)22(32)30-12-15-13-31(28-20(15)14-30)17-8-16(24)10-27-11-17/h2-3,8-11,13H,4-7,12,14H2,1H3. The molecule has 0 unspecified atom stereocenters. The third-order valence-corrected chi connectivity index (χ3v) is 7.39. The Labute approximate surface area is 199 Å². The van der Waals surface area contributed by atoms with Crippen molar-refractivity contribution in [3.63, 3.8) is 0 Å². The highest BCUT2D eigenvalue weighted by Crippen LogP contribution is 2.34. The Kier molecular flexibility index (Phi) is 5.58. The molecule has 0 saturated carbocycles. The summed E-state index contributed by atoms with van der Waals surface area (Å²) < 4.78 is 66.7. The maximum Gasteiger partial charge on any atom is 0.256 e. The van der Waals surface area contributed by atoms with Crippen molar-refractivity contribution in [2.75, 3.05) is 24.2 Å². The largest absolute Gasteiger partial charge is 0.370 e. The Morgan fingerprint density at radius 1 is 1.09 bits per heavy atom. The van der Waals surface area contributed by atoms with Gasteiger partial charge in [0.15, 0.2) is 9.84 Å². The van der Waals surface area contributed by atoms with Gasteiger partial charge in [-0.2, -0.15) is 5.10 Å². The lowest BCUT2D eigenvalue weighted by molar-refractivity contribution is -0.0220. The van der Waals surface area contributed by atoms with Gasteiger partial charge in [0.25, 0.3) is 11.8 Å². The van der Waals surface area contributed by atoms with Crippen LogP contribution in [-0.2, 0) is 22.9 Å². The van der Waals surface area contributed by atoms with Gasteiger partial charge in [-0.15, -0.1) is 0 Å². The molecule has 1 amide bonds. The molecule has 184 valence electrons. The van der Waals surface area contributed by atoms with E-state index in [4.69, 9.17) is 0 Å². The first-order chi connectivity index (χ1) is 16.5. The van der Waals surface area contributed by atoms with Gasteiger partial charge in [0, 0.05) is 62.2 Å². The number of amides is 1. The molecule has 0 spiro atoms. The average molecular weight is 506 g/mol. The van der Waals surface area contributed by atoms with E-state index < -0.39 is 27.5 Å². The van der Waals surface area contributed by atoms with Crippen molar-refractivity contribution < 1.29 is 26.4 Å². The van der Waals surface area contributed by atoms with Gasteiger partial charge in [-0.1, -0.05) is 0 Å². The number of sulfone groups is 1. The zero-order chi connectivity index (χ0) is 25.0. The number of anilines is 1. The van der Waals surface area contributed by atoms with Gasteiger partial charge in [-0.05, 0) is 18.2 Å². The maximum absolute atomic E-state index is 13.7. The van der Waals surface area contributed by atoms with Gasteiger partial charge >= 0.3 is 0 Å². The Hall–Kier alpha value is -3.41. The van der Waals surface area contributed by atoms with E-state index in [9.17, 15) is 26.4 Å². The number of nitrogens with zero attached hydrogens (tertiary/aromatic N) is 5. The van der Waals surface area contributed by atoms with Crippen LogP contribution in [0.2, 0.25) is 0 Å².